The fourth-order valence-corrected chi connectivity index (χ4v) is 2.52. The van der Waals surface area contributed by atoms with Crippen molar-refractivity contribution in [2.75, 3.05) is 18.9 Å². The lowest BCUT2D eigenvalue weighted by Gasteiger charge is -2.17. The van der Waals surface area contributed by atoms with Gasteiger partial charge in [-0.15, -0.1) is 11.3 Å². The number of benzene rings is 1. The third kappa shape index (κ3) is 4.63. The van der Waals surface area contributed by atoms with Crippen molar-refractivity contribution in [3.05, 3.63) is 52.2 Å². The number of carbonyl (C=O) groups excluding carboxylic acids is 1. The fraction of sp³-hybridized carbons (Fsp3) is 0.188. The van der Waals surface area contributed by atoms with E-state index in [4.69, 9.17) is 5.73 Å². The number of urea groups is 1. The highest BCUT2D eigenvalue weighted by Gasteiger charge is 2.10. The van der Waals surface area contributed by atoms with Crippen molar-refractivity contribution in [3.8, 4) is 11.8 Å². The standard InChI is InChI=1S/C16H17N3OS/c1-19(16(20)18-14-6-3-2-4-7-14)11-13-10-15(21-12-13)8-5-9-17/h2-4,6-7,10,12H,9,11,17H2,1H3,(H,18,20). The second-order valence-electron chi connectivity index (χ2n) is 4.48. The second-order valence-corrected chi connectivity index (χ2v) is 5.39. The molecule has 4 nitrogen and oxygen atoms in total. The summed E-state index contributed by atoms with van der Waals surface area (Å²) in [6.07, 6.45) is 0. The summed E-state index contributed by atoms with van der Waals surface area (Å²) in [5.41, 5.74) is 7.20. The molecule has 0 saturated carbocycles. The molecule has 1 heterocycles. The maximum atomic E-state index is 12.1. The van der Waals surface area contributed by atoms with Crippen LogP contribution >= 0.6 is 11.3 Å². The first-order valence-corrected chi connectivity index (χ1v) is 7.40. The molecule has 2 rings (SSSR count). The molecule has 0 aliphatic carbocycles. The average molecular weight is 299 g/mol. The van der Waals surface area contributed by atoms with Gasteiger partial charge >= 0.3 is 6.03 Å². The first-order valence-electron chi connectivity index (χ1n) is 6.52. The third-order valence-electron chi connectivity index (χ3n) is 2.76. The Hall–Kier alpha value is -2.29. The number of nitrogens with zero attached hydrogens (tertiary/aromatic N) is 1. The summed E-state index contributed by atoms with van der Waals surface area (Å²) < 4.78 is 0. The zero-order chi connectivity index (χ0) is 15.1. The summed E-state index contributed by atoms with van der Waals surface area (Å²) >= 11 is 1.56. The van der Waals surface area contributed by atoms with Gasteiger partial charge in [-0.2, -0.15) is 0 Å². The van der Waals surface area contributed by atoms with Gasteiger partial charge in [0.25, 0.3) is 0 Å². The van der Waals surface area contributed by atoms with Gasteiger partial charge in [-0.05, 0) is 29.1 Å². The van der Waals surface area contributed by atoms with Crippen LogP contribution in [0.25, 0.3) is 0 Å². The highest BCUT2D eigenvalue weighted by atomic mass is 32.1. The summed E-state index contributed by atoms with van der Waals surface area (Å²) in [7, 11) is 1.77. The number of thiophene rings is 1. The van der Waals surface area contributed by atoms with Crippen molar-refractivity contribution < 1.29 is 4.79 Å². The van der Waals surface area contributed by atoms with Gasteiger partial charge in [0.05, 0.1) is 11.4 Å². The van der Waals surface area contributed by atoms with E-state index in [1.807, 2.05) is 41.8 Å². The molecule has 0 atom stereocenters. The van der Waals surface area contributed by atoms with Gasteiger partial charge in [-0.3, -0.25) is 0 Å². The van der Waals surface area contributed by atoms with Crippen LogP contribution in [-0.2, 0) is 6.54 Å². The van der Waals surface area contributed by atoms with Crippen molar-refractivity contribution in [2.45, 2.75) is 6.54 Å². The fourth-order valence-electron chi connectivity index (χ4n) is 1.75. The molecule has 1 aromatic carbocycles. The molecule has 0 aliphatic rings. The lowest BCUT2D eigenvalue weighted by molar-refractivity contribution is 0.221. The molecule has 0 radical (unpaired) electrons. The number of hydrogen-bond acceptors (Lipinski definition) is 3. The normalized spacial score (nSPS) is 9.62. The minimum Gasteiger partial charge on any atom is -0.323 e. The zero-order valence-corrected chi connectivity index (χ0v) is 12.6. The van der Waals surface area contributed by atoms with Crippen molar-refractivity contribution in [3.63, 3.8) is 0 Å². The molecule has 0 saturated heterocycles. The maximum Gasteiger partial charge on any atom is 0.321 e. The van der Waals surface area contributed by atoms with Crippen LogP contribution in [0.5, 0.6) is 0 Å². The molecule has 5 heteroatoms. The lowest BCUT2D eigenvalue weighted by Crippen LogP contribution is -2.30. The molecule has 0 unspecified atom stereocenters. The summed E-state index contributed by atoms with van der Waals surface area (Å²) in [6, 6.07) is 11.2. The van der Waals surface area contributed by atoms with Crippen LogP contribution in [0.4, 0.5) is 10.5 Å². The molecular formula is C16H17N3OS. The van der Waals surface area contributed by atoms with Crippen molar-refractivity contribution in [2.24, 2.45) is 5.73 Å². The Kier molecular flexibility index (Phi) is 5.38. The van der Waals surface area contributed by atoms with Gasteiger partial charge in [0.1, 0.15) is 0 Å². The van der Waals surface area contributed by atoms with Gasteiger partial charge in [0.15, 0.2) is 0 Å². The van der Waals surface area contributed by atoms with Crippen LogP contribution in [0.1, 0.15) is 10.4 Å². The van der Waals surface area contributed by atoms with E-state index in [-0.39, 0.29) is 6.03 Å². The van der Waals surface area contributed by atoms with Gasteiger partial charge in [-0.1, -0.05) is 30.0 Å². The van der Waals surface area contributed by atoms with E-state index < -0.39 is 0 Å². The van der Waals surface area contributed by atoms with E-state index >= 15 is 0 Å². The van der Waals surface area contributed by atoms with E-state index in [1.165, 1.54) is 0 Å². The molecule has 21 heavy (non-hydrogen) atoms. The van der Waals surface area contributed by atoms with E-state index in [0.717, 1.165) is 16.1 Å². The number of carbonyl (C=O) groups is 1. The predicted octanol–water partition coefficient (Wildman–Crippen LogP) is 2.72. The number of amides is 2. The average Bonchev–Trinajstić information content (AvgIpc) is 2.93. The Balaban J connectivity index is 1.93. The van der Waals surface area contributed by atoms with Crippen molar-refractivity contribution in [1.29, 1.82) is 0 Å². The highest BCUT2D eigenvalue weighted by Crippen LogP contribution is 2.15. The molecular weight excluding hydrogens is 282 g/mol. The second kappa shape index (κ2) is 7.48. The first-order chi connectivity index (χ1) is 10.2. The third-order valence-corrected chi connectivity index (χ3v) is 3.65. The number of anilines is 1. The Bertz CT molecular complexity index is 655. The molecule has 0 spiro atoms. The Labute approximate surface area is 128 Å². The Morgan fingerprint density at radius 2 is 2.14 bits per heavy atom. The van der Waals surface area contributed by atoms with Crippen LogP contribution in [0.15, 0.2) is 41.8 Å². The van der Waals surface area contributed by atoms with Crippen molar-refractivity contribution in [1.82, 2.24) is 4.90 Å². The highest BCUT2D eigenvalue weighted by molar-refractivity contribution is 7.10. The zero-order valence-electron chi connectivity index (χ0n) is 11.8. The van der Waals surface area contributed by atoms with Gasteiger partial charge in [0, 0.05) is 19.3 Å². The van der Waals surface area contributed by atoms with Crippen LogP contribution in [-0.4, -0.2) is 24.5 Å². The number of nitrogens with one attached hydrogen (secondary N) is 1. The lowest BCUT2D eigenvalue weighted by atomic mass is 10.3. The van der Waals surface area contributed by atoms with E-state index in [0.29, 0.717) is 13.1 Å². The molecule has 0 aliphatic heterocycles. The van der Waals surface area contributed by atoms with E-state index in [1.54, 1.807) is 23.3 Å². The summed E-state index contributed by atoms with van der Waals surface area (Å²) in [6.45, 7) is 0.895. The maximum absolute atomic E-state index is 12.1. The van der Waals surface area contributed by atoms with Gasteiger partial charge < -0.3 is 16.0 Å². The largest absolute Gasteiger partial charge is 0.323 e. The number of para-hydroxylation sites is 1. The molecule has 3 N–H and O–H groups in total. The molecule has 1 aromatic heterocycles. The SMILES string of the molecule is CN(Cc1csc(C#CCN)c1)C(=O)Nc1ccccc1. The predicted molar refractivity (Wildman–Crippen MR) is 87.2 cm³/mol. The summed E-state index contributed by atoms with van der Waals surface area (Å²) in [5, 5.41) is 4.86. The van der Waals surface area contributed by atoms with E-state index in [2.05, 4.69) is 17.2 Å². The molecule has 108 valence electrons. The van der Waals surface area contributed by atoms with Crippen LogP contribution in [0.2, 0.25) is 0 Å². The summed E-state index contributed by atoms with van der Waals surface area (Å²) in [4.78, 5) is 14.7. The Morgan fingerprint density at radius 1 is 1.38 bits per heavy atom. The van der Waals surface area contributed by atoms with Crippen molar-refractivity contribution >= 4 is 23.1 Å². The van der Waals surface area contributed by atoms with Gasteiger partial charge in [0.2, 0.25) is 0 Å². The van der Waals surface area contributed by atoms with Crippen LogP contribution in [0.3, 0.4) is 0 Å². The molecule has 2 aromatic rings. The smallest absolute Gasteiger partial charge is 0.321 e. The van der Waals surface area contributed by atoms with Crippen LogP contribution < -0.4 is 11.1 Å². The van der Waals surface area contributed by atoms with Gasteiger partial charge in [-0.25, -0.2) is 4.79 Å². The minimum absolute atomic E-state index is 0.137. The van der Waals surface area contributed by atoms with Crippen LogP contribution in [0, 0.1) is 11.8 Å². The number of hydrogen-bond donors (Lipinski definition) is 2. The molecule has 2 amide bonds. The molecule has 0 bridgehead atoms. The molecule has 0 fully saturated rings. The monoisotopic (exact) mass is 299 g/mol. The quantitative estimate of drug-likeness (QED) is 0.856. The summed E-state index contributed by atoms with van der Waals surface area (Å²) in [5.74, 6) is 5.81. The number of nitrogens with two attached hydrogens (primary N) is 1. The minimum atomic E-state index is -0.137. The topological polar surface area (TPSA) is 58.4 Å². The first kappa shape index (κ1) is 15.1. The van der Waals surface area contributed by atoms with E-state index in [9.17, 15) is 4.79 Å². The number of rotatable bonds is 3. The Morgan fingerprint density at radius 3 is 2.86 bits per heavy atom.